The van der Waals surface area contributed by atoms with Crippen molar-refractivity contribution in [2.45, 2.75) is 20.5 Å². The van der Waals surface area contributed by atoms with E-state index in [0.29, 0.717) is 22.5 Å². The van der Waals surface area contributed by atoms with Gasteiger partial charge in [0.1, 0.15) is 12.2 Å². The summed E-state index contributed by atoms with van der Waals surface area (Å²) in [6.45, 7) is 4.13. The fourth-order valence-corrected chi connectivity index (χ4v) is 3.33. The predicted molar refractivity (Wildman–Crippen MR) is 108 cm³/mol. The number of hydrogen-bond donors (Lipinski definition) is 0. The Labute approximate surface area is 164 Å². The van der Waals surface area contributed by atoms with E-state index in [9.17, 15) is 4.79 Å². The van der Waals surface area contributed by atoms with Gasteiger partial charge in [-0.25, -0.2) is 0 Å². The number of rotatable bonds is 4. The lowest BCUT2D eigenvalue weighted by atomic mass is 10.1. The molecule has 0 radical (unpaired) electrons. The van der Waals surface area contributed by atoms with Gasteiger partial charge in [-0.15, -0.1) is 0 Å². The van der Waals surface area contributed by atoms with Gasteiger partial charge < -0.3 is 13.6 Å². The van der Waals surface area contributed by atoms with Crippen molar-refractivity contribution in [2.75, 3.05) is 0 Å². The van der Waals surface area contributed by atoms with Crippen molar-refractivity contribution in [2.24, 2.45) is 0 Å². The van der Waals surface area contributed by atoms with Crippen LogP contribution in [0, 0.1) is 13.8 Å². The molecule has 27 heavy (non-hydrogen) atoms. The Morgan fingerprint density at radius 2 is 1.85 bits per heavy atom. The first-order chi connectivity index (χ1) is 13.0. The molecule has 4 rings (SSSR count). The molecule has 2 aromatic carbocycles. The van der Waals surface area contributed by atoms with E-state index >= 15 is 0 Å². The Bertz CT molecular complexity index is 1160. The molecule has 0 unspecified atom stereocenters. The number of fused-ring (bicyclic) bond motifs is 1. The average Bonchev–Trinajstić information content (AvgIpc) is 3.17. The van der Waals surface area contributed by atoms with Crippen LogP contribution in [0.5, 0.6) is 5.75 Å². The molecule has 0 spiro atoms. The average molecular weight is 425 g/mol. The minimum Gasteiger partial charge on any atom is -0.481 e. The normalized spacial score (nSPS) is 11.1. The van der Waals surface area contributed by atoms with Crippen molar-refractivity contribution in [3.63, 3.8) is 0 Å². The van der Waals surface area contributed by atoms with E-state index in [0.717, 1.165) is 21.2 Å². The van der Waals surface area contributed by atoms with Crippen LogP contribution in [0.4, 0.5) is 0 Å². The predicted octanol–water partition coefficient (Wildman–Crippen LogP) is 6.01. The molecule has 0 bridgehead atoms. The second-order valence-corrected chi connectivity index (χ2v) is 7.36. The van der Waals surface area contributed by atoms with Crippen molar-refractivity contribution in [1.82, 2.24) is 0 Å². The van der Waals surface area contributed by atoms with Crippen molar-refractivity contribution in [3.8, 4) is 17.3 Å². The molecular formula is C22H17BrO4. The minimum atomic E-state index is -0.202. The Balaban J connectivity index is 1.86. The molecule has 0 aliphatic rings. The molecule has 4 aromatic rings. The summed E-state index contributed by atoms with van der Waals surface area (Å²) in [7, 11) is 0. The lowest BCUT2D eigenvalue weighted by Gasteiger charge is -2.12. The Kier molecular flexibility index (Phi) is 4.62. The highest BCUT2D eigenvalue weighted by atomic mass is 79.9. The van der Waals surface area contributed by atoms with E-state index in [-0.39, 0.29) is 17.8 Å². The van der Waals surface area contributed by atoms with Gasteiger partial charge in [-0.2, -0.15) is 0 Å². The summed E-state index contributed by atoms with van der Waals surface area (Å²) in [6, 6.07) is 15.1. The molecule has 0 N–H and O–H groups in total. The van der Waals surface area contributed by atoms with Gasteiger partial charge in [-0.3, -0.25) is 4.79 Å². The summed E-state index contributed by atoms with van der Waals surface area (Å²) < 4.78 is 18.5. The zero-order chi connectivity index (χ0) is 19.0. The lowest BCUT2D eigenvalue weighted by Crippen LogP contribution is -2.10. The fourth-order valence-electron chi connectivity index (χ4n) is 3.07. The highest BCUT2D eigenvalue weighted by Crippen LogP contribution is 2.33. The third kappa shape index (κ3) is 3.43. The maximum atomic E-state index is 13.2. The third-order valence-corrected chi connectivity index (χ3v) is 4.85. The molecule has 0 saturated carbocycles. The molecule has 136 valence electrons. The first-order valence-electron chi connectivity index (χ1n) is 8.52. The number of halogens is 1. The molecule has 2 aromatic heterocycles. The largest absolute Gasteiger partial charge is 0.481 e. The Hall–Kier alpha value is -2.79. The second kappa shape index (κ2) is 7.08. The number of hydrogen-bond acceptors (Lipinski definition) is 4. The van der Waals surface area contributed by atoms with E-state index < -0.39 is 0 Å². The van der Waals surface area contributed by atoms with Crippen LogP contribution < -0.4 is 10.2 Å². The monoisotopic (exact) mass is 424 g/mol. The summed E-state index contributed by atoms with van der Waals surface area (Å²) in [5.41, 5.74) is 3.19. The minimum absolute atomic E-state index is 0.158. The molecule has 0 amide bonds. The van der Waals surface area contributed by atoms with Crippen LogP contribution in [0.1, 0.15) is 16.7 Å². The molecule has 2 heterocycles. The van der Waals surface area contributed by atoms with Gasteiger partial charge in [0.15, 0.2) is 5.76 Å². The molecular weight excluding hydrogens is 408 g/mol. The van der Waals surface area contributed by atoms with Crippen LogP contribution in [0.2, 0.25) is 0 Å². The standard InChI is InChI=1S/C22H17BrO4/c1-13-10-14(2)20-17(11-13)19(24)22(21(27-20)18-4-3-9-25-18)26-12-15-5-7-16(23)8-6-15/h3-11H,12H2,1-2H3. The maximum Gasteiger partial charge on any atom is 0.235 e. The van der Waals surface area contributed by atoms with Gasteiger partial charge in [0.25, 0.3) is 0 Å². The highest BCUT2D eigenvalue weighted by Gasteiger charge is 2.21. The van der Waals surface area contributed by atoms with E-state index in [4.69, 9.17) is 13.6 Å². The van der Waals surface area contributed by atoms with Gasteiger partial charge in [0.05, 0.1) is 11.6 Å². The van der Waals surface area contributed by atoms with Crippen molar-refractivity contribution in [3.05, 3.63) is 86.2 Å². The molecule has 0 fully saturated rings. The fraction of sp³-hybridized carbons (Fsp3) is 0.136. The van der Waals surface area contributed by atoms with Gasteiger partial charge in [-0.1, -0.05) is 34.1 Å². The molecule has 5 heteroatoms. The molecule has 0 saturated heterocycles. The molecule has 0 atom stereocenters. The summed E-state index contributed by atoms with van der Waals surface area (Å²) >= 11 is 3.41. The molecule has 0 aliphatic carbocycles. The Morgan fingerprint density at radius 3 is 2.56 bits per heavy atom. The first-order valence-corrected chi connectivity index (χ1v) is 9.31. The second-order valence-electron chi connectivity index (χ2n) is 6.44. The smallest absolute Gasteiger partial charge is 0.235 e. The van der Waals surface area contributed by atoms with Crippen molar-refractivity contribution in [1.29, 1.82) is 0 Å². The SMILES string of the molecule is Cc1cc(C)c2oc(-c3ccco3)c(OCc3ccc(Br)cc3)c(=O)c2c1. The van der Waals surface area contributed by atoms with Crippen LogP contribution in [-0.4, -0.2) is 0 Å². The summed E-state index contributed by atoms with van der Waals surface area (Å²) in [5, 5.41) is 0.508. The zero-order valence-corrected chi connectivity index (χ0v) is 16.5. The van der Waals surface area contributed by atoms with Gasteiger partial charge in [0, 0.05) is 4.47 Å². The summed E-state index contributed by atoms with van der Waals surface area (Å²) in [5.74, 6) is 0.923. The van der Waals surface area contributed by atoms with Gasteiger partial charge in [0.2, 0.25) is 16.9 Å². The molecule has 0 aliphatic heterocycles. The molecule has 4 nitrogen and oxygen atoms in total. The van der Waals surface area contributed by atoms with E-state index in [2.05, 4.69) is 15.9 Å². The van der Waals surface area contributed by atoms with E-state index in [1.54, 1.807) is 18.4 Å². The van der Waals surface area contributed by atoms with Crippen LogP contribution in [-0.2, 0) is 6.61 Å². The van der Waals surface area contributed by atoms with E-state index in [1.165, 1.54) is 0 Å². The zero-order valence-electron chi connectivity index (χ0n) is 14.9. The van der Waals surface area contributed by atoms with Crippen LogP contribution in [0.25, 0.3) is 22.5 Å². The summed E-state index contributed by atoms with van der Waals surface area (Å²) in [4.78, 5) is 13.2. The van der Waals surface area contributed by atoms with E-state index in [1.807, 2.05) is 50.2 Å². The van der Waals surface area contributed by atoms with Crippen molar-refractivity contribution >= 4 is 26.9 Å². The Morgan fingerprint density at radius 1 is 1.07 bits per heavy atom. The lowest BCUT2D eigenvalue weighted by molar-refractivity contribution is 0.296. The topological polar surface area (TPSA) is 52.6 Å². The van der Waals surface area contributed by atoms with Gasteiger partial charge in [-0.05, 0) is 60.9 Å². The highest BCUT2D eigenvalue weighted by molar-refractivity contribution is 9.10. The van der Waals surface area contributed by atoms with Crippen LogP contribution in [0.3, 0.4) is 0 Å². The number of ether oxygens (including phenoxy) is 1. The van der Waals surface area contributed by atoms with Crippen LogP contribution >= 0.6 is 15.9 Å². The van der Waals surface area contributed by atoms with Crippen molar-refractivity contribution < 1.29 is 13.6 Å². The third-order valence-electron chi connectivity index (χ3n) is 4.32. The number of aryl methyl sites for hydroxylation is 2. The summed E-state index contributed by atoms with van der Waals surface area (Å²) in [6.07, 6.45) is 1.54. The number of benzene rings is 2. The number of furan rings is 1. The van der Waals surface area contributed by atoms with Gasteiger partial charge >= 0.3 is 0 Å². The first kappa shape index (κ1) is 17.6. The maximum absolute atomic E-state index is 13.2. The van der Waals surface area contributed by atoms with Crippen LogP contribution in [0.15, 0.2) is 72.9 Å². The quantitative estimate of drug-likeness (QED) is 0.402.